The molecule has 156 valence electrons. The van der Waals surface area contributed by atoms with Gasteiger partial charge in [-0.15, -0.1) is 0 Å². The maximum Gasteiger partial charge on any atom is 0.313 e. The molecule has 0 saturated heterocycles. The first-order valence-corrected chi connectivity index (χ1v) is 9.52. The third-order valence-electron chi connectivity index (χ3n) is 5.34. The molecule has 4 aromatic rings. The van der Waals surface area contributed by atoms with E-state index in [-0.39, 0.29) is 5.69 Å². The third kappa shape index (κ3) is 3.48. The summed E-state index contributed by atoms with van der Waals surface area (Å²) in [5, 5.41) is 14.8. The van der Waals surface area contributed by atoms with Gasteiger partial charge in [0.05, 0.1) is 16.5 Å². The fourth-order valence-corrected chi connectivity index (χ4v) is 3.40. The molecule has 0 unspecified atom stereocenters. The number of benzene rings is 3. The van der Waals surface area contributed by atoms with E-state index >= 15 is 0 Å². The van der Waals surface area contributed by atoms with Gasteiger partial charge in [0.25, 0.3) is 5.56 Å². The smallest absolute Gasteiger partial charge is 0.313 e. The second kappa shape index (κ2) is 7.43. The molecule has 0 atom stereocenters. The molecule has 3 aromatic carbocycles. The van der Waals surface area contributed by atoms with Crippen molar-refractivity contribution in [1.82, 2.24) is 9.78 Å². The standard InChI is InChI=1S/C24H18F2N2O3/c1-24(2,23(30)31)15-7-5-6-14(12-15)21-17-8-3-4-9-18(17)22(29)28(27-21)20-11-10-16(25)13-19(20)26/h3-13H,1-2H3,(H,30,31). The van der Waals surface area contributed by atoms with Crippen molar-refractivity contribution in [3.05, 3.63) is 94.3 Å². The van der Waals surface area contributed by atoms with Crippen molar-refractivity contribution in [2.45, 2.75) is 19.3 Å². The predicted octanol–water partition coefficient (Wildman–Crippen LogP) is 4.69. The summed E-state index contributed by atoms with van der Waals surface area (Å²) in [6, 6.07) is 16.5. The Morgan fingerprint density at radius 2 is 1.68 bits per heavy atom. The lowest BCUT2D eigenvalue weighted by Gasteiger charge is -2.20. The van der Waals surface area contributed by atoms with Crippen molar-refractivity contribution in [2.75, 3.05) is 0 Å². The van der Waals surface area contributed by atoms with Crippen molar-refractivity contribution in [1.29, 1.82) is 0 Å². The molecule has 5 nitrogen and oxygen atoms in total. The van der Waals surface area contributed by atoms with E-state index in [4.69, 9.17) is 0 Å². The molecule has 0 aliphatic carbocycles. The lowest BCUT2D eigenvalue weighted by Crippen LogP contribution is -2.28. The second-order valence-electron chi connectivity index (χ2n) is 7.72. The zero-order valence-electron chi connectivity index (χ0n) is 16.8. The third-order valence-corrected chi connectivity index (χ3v) is 5.34. The van der Waals surface area contributed by atoms with Crippen LogP contribution in [0.2, 0.25) is 0 Å². The average molecular weight is 420 g/mol. The van der Waals surface area contributed by atoms with Crippen LogP contribution in [0.15, 0.2) is 71.5 Å². The minimum Gasteiger partial charge on any atom is -0.481 e. The maximum absolute atomic E-state index is 14.5. The van der Waals surface area contributed by atoms with E-state index in [1.165, 1.54) is 0 Å². The van der Waals surface area contributed by atoms with Crippen molar-refractivity contribution in [3.63, 3.8) is 0 Å². The van der Waals surface area contributed by atoms with Crippen LogP contribution in [-0.4, -0.2) is 20.9 Å². The molecule has 0 radical (unpaired) electrons. The summed E-state index contributed by atoms with van der Waals surface area (Å²) < 4.78 is 28.7. The molecule has 1 heterocycles. The summed E-state index contributed by atoms with van der Waals surface area (Å²) in [5.74, 6) is -2.67. The van der Waals surface area contributed by atoms with Crippen molar-refractivity contribution in [2.24, 2.45) is 0 Å². The predicted molar refractivity (Wildman–Crippen MR) is 113 cm³/mol. The van der Waals surface area contributed by atoms with Crippen LogP contribution < -0.4 is 5.56 Å². The SMILES string of the molecule is CC(C)(C(=O)O)c1cccc(-c2nn(-c3ccc(F)cc3F)c(=O)c3ccccc23)c1. The van der Waals surface area contributed by atoms with Gasteiger partial charge in [-0.05, 0) is 43.7 Å². The van der Waals surface area contributed by atoms with Gasteiger partial charge in [0.1, 0.15) is 11.5 Å². The topological polar surface area (TPSA) is 72.2 Å². The molecule has 4 rings (SSSR count). The number of hydrogen-bond donors (Lipinski definition) is 1. The molecule has 0 amide bonds. The number of nitrogens with zero attached hydrogens (tertiary/aromatic N) is 2. The number of aromatic nitrogens is 2. The first-order valence-electron chi connectivity index (χ1n) is 9.52. The summed E-state index contributed by atoms with van der Waals surface area (Å²) >= 11 is 0. The molecule has 0 saturated carbocycles. The monoisotopic (exact) mass is 420 g/mol. The summed E-state index contributed by atoms with van der Waals surface area (Å²) in [6.07, 6.45) is 0. The van der Waals surface area contributed by atoms with E-state index in [9.17, 15) is 23.5 Å². The number of halogens is 2. The zero-order chi connectivity index (χ0) is 22.3. The Morgan fingerprint density at radius 1 is 0.968 bits per heavy atom. The Hall–Kier alpha value is -3.87. The van der Waals surface area contributed by atoms with Gasteiger partial charge in [-0.2, -0.15) is 9.78 Å². The summed E-state index contributed by atoms with van der Waals surface area (Å²) in [7, 11) is 0. The van der Waals surface area contributed by atoms with Crippen LogP contribution in [0.1, 0.15) is 19.4 Å². The largest absolute Gasteiger partial charge is 0.481 e. The Labute approximate surface area is 176 Å². The molecule has 0 fully saturated rings. The number of aliphatic carboxylic acids is 1. The van der Waals surface area contributed by atoms with Crippen molar-refractivity contribution < 1.29 is 18.7 Å². The van der Waals surface area contributed by atoms with E-state index in [2.05, 4.69) is 5.10 Å². The average Bonchev–Trinajstić information content (AvgIpc) is 2.75. The number of carbonyl (C=O) groups is 1. The maximum atomic E-state index is 14.5. The van der Waals surface area contributed by atoms with E-state index < -0.39 is 28.6 Å². The quantitative estimate of drug-likeness (QED) is 0.520. The van der Waals surface area contributed by atoms with Gasteiger partial charge >= 0.3 is 5.97 Å². The van der Waals surface area contributed by atoms with Crippen LogP contribution >= 0.6 is 0 Å². The molecular weight excluding hydrogens is 402 g/mol. The van der Waals surface area contributed by atoms with Crippen LogP contribution in [0.4, 0.5) is 8.78 Å². The zero-order valence-corrected chi connectivity index (χ0v) is 16.8. The first-order chi connectivity index (χ1) is 14.7. The van der Waals surface area contributed by atoms with Crippen molar-refractivity contribution in [3.8, 4) is 16.9 Å². The van der Waals surface area contributed by atoms with Crippen molar-refractivity contribution >= 4 is 16.7 Å². The highest BCUT2D eigenvalue weighted by Crippen LogP contribution is 2.30. The molecule has 1 N–H and O–H groups in total. The van der Waals surface area contributed by atoms with Gasteiger partial charge in [0, 0.05) is 17.0 Å². The Kier molecular flexibility index (Phi) is 4.89. The highest BCUT2D eigenvalue weighted by molar-refractivity contribution is 5.94. The van der Waals surface area contributed by atoms with Gasteiger partial charge in [-0.1, -0.05) is 36.4 Å². The molecule has 0 spiro atoms. The molecule has 0 bridgehead atoms. The van der Waals surface area contributed by atoms with E-state index in [1.807, 2.05) is 0 Å². The van der Waals surface area contributed by atoms with E-state index in [1.54, 1.807) is 62.4 Å². The summed E-state index contributed by atoms with van der Waals surface area (Å²) in [5.41, 5.74) is -0.383. The van der Waals surface area contributed by atoms with Crippen LogP contribution in [0.5, 0.6) is 0 Å². The van der Waals surface area contributed by atoms with Gasteiger partial charge in [0.15, 0.2) is 5.82 Å². The van der Waals surface area contributed by atoms with Crippen LogP contribution in [-0.2, 0) is 10.2 Å². The summed E-state index contributed by atoms with van der Waals surface area (Å²) in [6.45, 7) is 3.18. The van der Waals surface area contributed by atoms with E-state index in [0.717, 1.165) is 16.8 Å². The summed E-state index contributed by atoms with van der Waals surface area (Å²) in [4.78, 5) is 24.7. The highest BCUT2D eigenvalue weighted by Gasteiger charge is 2.29. The molecular formula is C24H18F2N2O3. The Bertz CT molecular complexity index is 1390. The molecule has 0 aliphatic rings. The Balaban J connectivity index is 2.03. The first kappa shape index (κ1) is 20.4. The normalized spacial score (nSPS) is 11.6. The minimum absolute atomic E-state index is 0.180. The number of rotatable bonds is 4. The Morgan fingerprint density at radius 3 is 2.35 bits per heavy atom. The van der Waals surface area contributed by atoms with Gasteiger partial charge in [-0.25, -0.2) is 8.78 Å². The fraction of sp³-hybridized carbons (Fsp3) is 0.125. The van der Waals surface area contributed by atoms with Crippen LogP contribution in [0, 0.1) is 11.6 Å². The van der Waals surface area contributed by atoms with Crippen LogP contribution in [0.3, 0.4) is 0 Å². The number of hydrogen-bond acceptors (Lipinski definition) is 3. The molecule has 7 heteroatoms. The minimum atomic E-state index is -1.15. The number of carboxylic acids is 1. The van der Waals surface area contributed by atoms with Gasteiger partial charge in [-0.3, -0.25) is 9.59 Å². The molecule has 1 aromatic heterocycles. The second-order valence-corrected chi connectivity index (χ2v) is 7.72. The number of fused-ring (bicyclic) bond motifs is 1. The molecule has 31 heavy (non-hydrogen) atoms. The van der Waals surface area contributed by atoms with Crippen LogP contribution in [0.25, 0.3) is 27.7 Å². The van der Waals surface area contributed by atoms with E-state index in [0.29, 0.717) is 33.7 Å². The van der Waals surface area contributed by atoms with Gasteiger partial charge in [0.2, 0.25) is 0 Å². The highest BCUT2D eigenvalue weighted by atomic mass is 19.1. The number of carboxylic acid groups (broad SMARTS) is 1. The lowest BCUT2D eigenvalue weighted by molar-refractivity contribution is -0.142. The lowest BCUT2D eigenvalue weighted by atomic mass is 9.83. The van der Waals surface area contributed by atoms with Gasteiger partial charge < -0.3 is 5.11 Å². The fourth-order valence-electron chi connectivity index (χ4n) is 3.40. The molecule has 0 aliphatic heterocycles.